The number of ether oxygens (including phenoxy) is 2. The Bertz CT molecular complexity index is 759. The largest absolute Gasteiger partial charge is 0.497 e. The van der Waals surface area contributed by atoms with E-state index in [1.165, 1.54) is 0 Å². The Morgan fingerprint density at radius 2 is 1.75 bits per heavy atom. The van der Waals surface area contributed by atoms with E-state index >= 15 is 0 Å². The van der Waals surface area contributed by atoms with Crippen molar-refractivity contribution < 1.29 is 17.9 Å². The summed E-state index contributed by atoms with van der Waals surface area (Å²) in [5.74, 6) is 1.55. The number of sulfonamides is 1. The minimum absolute atomic E-state index is 0.0477. The molecule has 130 valence electrons. The molecule has 0 aliphatic rings. The van der Waals surface area contributed by atoms with Crippen LogP contribution in [0.4, 0.5) is 0 Å². The smallest absolute Gasteiger partial charge is 0.211 e. The molecule has 0 unspecified atom stereocenters. The Labute approximate surface area is 143 Å². The van der Waals surface area contributed by atoms with E-state index in [2.05, 4.69) is 4.72 Å². The average Bonchev–Trinajstić information content (AvgIpc) is 2.60. The average molecular weight is 349 g/mol. The van der Waals surface area contributed by atoms with Crippen LogP contribution in [0.5, 0.6) is 11.5 Å². The molecule has 0 spiro atoms. The second-order valence-corrected chi connectivity index (χ2v) is 7.30. The molecule has 0 heterocycles. The van der Waals surface area contributed by atoms with Crippen LogP contribution in [0.2, 0.25) is 0 Å². The van der Waals surface area contributed by atoms with Crippen molar-refractivity contribution in [2.45, 2.75) is 12.8 Å². The number of aryl methyl sites for hydroxylation is 1. The molecule has 0 saturated heterocycles. The van der Waals surface area contributed by atoms with Crippen LogP contribution in [0, 0.1) is 0 Å². The lowest BCUT2D eigenvalue weighted by atomic mass is 10.1. The number of hydrogen-bond acceptors (Lipinski definition) is 4. The van der Waals surface area contributed by atoms with Gasteiger partial charge in [-0.2, -0.15) is 0 Å². The van der Waals surface area contributed by atoms with Crippen LogP contribution < -0.4 is 14.2 Å². The lowest BCUT2D eigenvalue weighted by molar-refractivity contribution is 0.409. The third kappa shape index (κ3) is 5.54. The van der Waals surface area contributed by atoms with Gasteiger partial charge in [0.2, 0.25) is 10.0 Å². The number of methoxy groups -OCH3 is 2. The van der Waals surface area contributed by atoms with E-state index in [1.807, 2.05) is 48.5 Å². The molecular weight excluding hydrogens is 326 g/mol. The molecule has 0 amide bonds. The first-order valence-corrected chi connectivity index (χ1v) is 9.41. The normalized spacial score (nSPS) is 11.2. The third-order valence-electron chi connectivity index (χ3n) is 3.70. The molecule has 0 atom stereocenters. The SMILES string of the molecule is COc1cccc(CCS(=O)(=O)NCCc2ccccc2OC)c1. The first-order chi connectivity index (χ1) is 11.5. The van der Waals surface area contributed by atoms with Crippen molar-refractivity contribution >= 4 is 10.0 Å². The van der Waals surface area contributed by atoms with E-state index in [9.17, 15) is 8.42 Å². The summed E-state index contributed by atoms with van der Waals surface area (Å²) in [6.07, 6.45) is 1.03. The van der Waals surface area contributed by atoms with Crippen LogP contribution in [-0.2, 0) is 22.9 Å². The van der Waals surface area contributed by atoms with Gasteiger partial charge in [0.05, 0.1) is 20.0 Å². The van der Waals surface area contributed by atoms with Gasteiger partial charge in [-0.1, -0.05) is 30.3 Å². The fraction of sp³-hybridized carbons (Fsp3) is 0.333. The molecule has 0 fully saturated rings. The molecule has 2 rings (SSSR count). The van der Waals surface area contributed by atoms with Crippen LogP contribution in [0.1, 0.15) is 11.1 Å². The molecule has 6 heteroatoms. The highest BCUT2D eigenvalue weighted by Crippen LogP contribution is 2.17. The Morgan fingerprint density at radius 3 is 2.50 bits per heavy atom. The van der Waals surface area contributed by atoms with Crippen LogP contribution in [-0.4, -0.2) is 34.9 Å². The summed E-state index contributed by atoms with van der Waals surface area (Å²) >= 11 is 0. The molecule has 0 aliphatic carbocycles. The third-order valence-corrected chi connectivity index (χ3v) is 5.09. The highest BCUT2D eigenvalue weighted by molar-refractivity contribution is 7.89. The molecule has 0 radical (unpaired) electrons. The van der Waals surface area contributed by atoms with Crippen molar-refractivity contribution in [2.75, 3.05) is 26.5 Å². The summed E-state index contributed by atoms with van der Waals surface area (Å²) in [5.41, 5.74) is 1.92. The summed E-state index contributed by atoms with van der Waals surface area (Å²) in [6.45, 7) is 0.348. The van der Waals surface area contributed by atoms with E-state index in [0.717, 1.165) is 22.6 Å². The minimum atomic E-state index is -3.32. The van der Waals surface area contributed by atoms with Crippen LogP contribution >= 0.6 is 0 Å². The predicted octanol–water partition coefficient (Wildman–Crippen LogP) is 2.41. The fourth-order valence-electron chi connectivity index (χ4n) is 2.40. The number of rotatable bonds is 9. The molecule has 0 aliphatic heterocycles. The minimum Gasteiger partial charge on any atom is -0.497 e. The summed E-state index contributed by atoms with van der Waals surface area (Å²) in [6, 6.07) is 15.0. The van der Waals surface area contributed by atoms with E-state index in [4.69, 9.17) is 9.47 Å². The van der Waals surface area contributed by atoms with Gasteiger partial charge in [-0.3, -0.25) is 0 Å². The lowest BCUT2D eigenvalue weighted by Crippen LogP contribution is -2.29. The monoisotopic (exact) mass is 349 g/mol. The Kier molecular flexibility index (Phi) is 6.63. The highest BCUT2D eigenvalue weighted by Gasteiger charge is 2.11. The highest BCUT2D eigenvalue weighted by atomic mass is 32.2. The van der Waals surface area contributed by atoms with E-state index in [-0.39, 0.29) is 5.75 Å². The van der Waals surface area contributed by atoms with Gasteiger partial charge in [-0.05, 0) is 42.2 Å². The van der Waals surface area contributed by atoms with Crippen molar-refractivity contribution in [3.63, 3.8) is 0 Å². The van der Waals surface area contributed by atoms with E-state index < -0.39 is 10.0 Å². The molecule has 0 saturated carbocycles. The zero-order chi connectivity index (χ0) is 17.4. The van der Waals surface area contributed by atoms with Crippen molar-refractivity contribution in [2.24, 2.45) is 0 Å². The lowest BCUT2D eigenvalue weighted by Gasteiger charge is -2.10. The maximum Gasteiger partial charge on any atom is 0.211 e. The van der Waals surface area contributed by atoms with Crippen molar-refractivity contribution in [1.29, 1.82) is 0 Å². The molecule has 2 aromatic carbocycles. The van der Waals surface area contributed by atoms with Crippen LogP contribution in [0.3, 0.4) is 0 Å². The summed E-state index contributed by atoms with van der Waals surface area (Å²) < 4.78 is 37.3. The Balaban J connectivity index is 1.85. The van der Waals surface area contributed by atoms with Crippen LogP contribution in [0.15, 0.2) is 48.5 Å². The zero-order valence-electron chi connectivity index (χ0n) is 14.0. The first kappa shape index (κ1) is 18.3. The van der Waals surface area contributed by atoms with Crippen molar-refractivity contribution in [3.05, 3.63) is 59.7 Å². The van der Waals surface area contributed by atoms with Gasteiger partial charge in [0, 0.05) is 6.54 Å². The van der Waals surface area contributed by atoms with Gasteiger partial charge in [0.15, 0.2) is 0 Å². The summed E-state index contributed by atoms with van der Waals surface area (Å²) in [5, 5.41) is 0. The van der Waals surface area contributed by atoms with Gasteiger partial charge in [0.25, 0.3) is 0 Å². The number of nitrogens with one attached hydrogen (secondary N) is 1. The molecule has 5 nitrogen and oxygen atoms in total. The maximum absolute atomic E-state index is 12.1. The quantitative estimate of drug-likeness (QED) is 0.755. The number of benzene rings is 2. The van der Waals surface area contributed by atoms with E-state index in [0.29, 0.717) is 19.4 Å². The van der Waals surface area contributed by atoms with Gasteiger partial charge in [-0.15, -0.1) is 0 Å². The molecule has 0 bridgehead atoms. The first-order valence-electron chi connectivity index (χ1n) is 7.76. The van der Waals surface area contributed by atoms with Crippen molar-refractivity contribution in [3.8, 4) is 11.5 Å². The van der Waals surface area contributed by atoms with Crippen LogP contribution in [0.25, 0.3) is 0 Å². The van der Waals surface area contributed by atoms with Gasteiger partial charge < -0.3 is 9.47 Å². The Morgan fingerprint density at radius 1 is 0.958 bits per heavy atom. The second-order valence-electron chi connectivity index (χ2n) is 5.38. The summed E-state index contributed by atoms with van der Waals surface area (Å²) in [4.78, 5) is 0. The molecule has 2 aromatic rings. The number of hydrogen-bond donors (Lipinski definition) is 1. The standard InChI is InChI=1S/C18H23NO4S/c1-22-17-8-5-6-15(14-17)11-13-24(20,21)19-12-10-16-7-3-4-9-18(16)23-2/h3-9,14,19H,10-13H2,1-2H3. The van der Waals surface area contributed by atoms with E-state index in [1.54, 1.807) is 14.2 Å². The van der Waals surface area contributed by atoms with Gasteiger partial charge in [-0.25, -0.2) is 13.1 Å². The Hall–Kier alpha value is -2.05. The molecule has 1 N–H and O–H groups in total. The second kappa shape index (κ2) is 8.70. The topological polar surface area (TPSA) is 64.6 Å². The van der Waals surface area contributed by atoms with Gasteiger partial charge in [0.1, 0.15) is 11.5 Å². The fourth-order valence-corrected chi connectivity index (χ4v) is 3.46. The predicted molar refractivity (Wildman–Crippen MR) is 95.2 cm³/mol. The molecule has 0 aromatic heterocycles. The molecular formula is C18H23NO4S. The van der Waals surface area contributed by atoms with Crippen molar-refractivity contribution in [1.82, 2.24) is 4.72 Å². The number of para-hydroxylation sites is 1. The molecule has 24 heavy (non-hydrogen) atoms. The summed E-state index contributed by atoms with van der Waals surface area (Å²) in [7, 11) is -0.120. The zero-order valence-corrected chi connectivity index (χ0v) is 14.8. The van der Waals surface area contributed by atoms with Gasteiger partial charge >= 0.3 is 0 Å². The maximum atomic E-state index is 12.1.